The molecule has 5 rings (SSSR count). The molecular formula is C37H50N4O9S. The first-order chi connectivity index (χ1) is 23.9. The first-order valence-corrected chi connectivity index (χ1v) is 19.1. The van der Waals surface area contributed by atoms with E-state index in [1.54, 1.807) is 46.2 Å². The number of ether oxygens (including phenoxy) is 3. The van der Waals surface area contributed by atoms with Gasteiger partial charge in [0.05, 0.1) is 30.4 Å². The SMILES string of the molecule is C=C[C@@H]1C[C@]1(CC(=O)[C@@H]1C[C@@H](Oc2nccc3cc(OC)ccc23)CN1C(=O)C([C@@H](C)CC)N(C)C(=O)OC(C)(C)C)C(=O)NS(=O)(=O)C1CC1. The van der Waals surface area contributed by atoms with E-state index in [4.69, 9.17) is 14.2 Å². The van der Waals surface area contributed by atoms with Crippen LogP contribution in [0.2, 0.25) is 0 Å². The highest BCUT2D eigenvalue weighted by molar-refractivity contribution is 7.90. The van der Waals surface area contributed by atoms with Crippen LogP contribution in [0.15, 0.2) is 43.1 Å². The van der Waals surface area contributed by atoms with E-state index in [0.717, 1.165) is 5.39 Å². The summed E-state index contributed by atoms with van der Waals surface area (Å²) in [7, 11) is -0.768. The number of carbonyl (C=O) groups excluding carboxylic acids is 4. The number of hydrogen-bond acceptors (Lipinski definition) is 10. The van der Waals surface area contributed by atoms with Crippen molar-refractivity contribution in [2.45, 2.75) is 102 Å². The Bertz CT molecular complexity index is 1800. The molecule has 1 aliphatic heterocycles. The van der Waals surface area contributed by atoms with Crippen LogP contribution in [0.4, 0.5) is 4.79 Å². The van der Waals surface area contributed by atoms with Gasteiger partial charge in [0.2, 0.25) is 27.7 Å². The number of Topliss-reactive ketones (excluding diaryl/α,β-unsaturated/α-hetero) is 1. The van der Waals surface area contributed by atoms with Crippen LogP contribution >= 0.6 is 0 Å². The Morgan fingerprint density at radius 2 is 1.90 bits per heavy atom. The van der Waals surface area contributed by atoms with Crippen molar-refractivity contribution in [1.82, 2.24) is 19.5 Å². The lowest BCUT2D eigenvalue weighted by atomic mass is 9.91. The van der Waals surface area contributed by atoms with Gasteiger partial charge in [0.25, 0.3) is 0 Å². The van der Waals surface area contributed by atoms with Gasteiger partial charge in [-0.3, -0.25) is 24.0 Å². The molecule has 51 heavy (non-hydrogen) atoms. The molecule has 1 aromatic carbocycles. The molecular weight excluding hydrogens is 676 g/mol. The Morgan fingerprint density at radius 3 is 2.49 bits per heavy atom. The number of methoxy groups -OCH3 is 1. The number of sulfonamides is 1. The van der Waals surface area contributed by atoms with Crippen molar-refractivity contribution >= 4 is 44.5 Å². The van der Waals surface area contributed by atoms with E-state index in [0.29, 0.717) is 36.3 Å². The molecule has 0 bridgehead atoms. The van der Waals surface area contributed by atoms with Crippen LogP contribution in [-0.2, 0) is 29.1 Å². The lowest BCUT2D eigenvalue weighted by Gasteiger charge is -2.36. The standard InChI is InChI=1S/C37H50N4O9S/c1-9-22(3)31(40(7)35(45)50-36(4,5)6)33(43)41-21-26(49-32-28-14-11-25(48-8)17-23(28)15-16-38-32)18-29(41)30(42)20-37(19-24(37)10-2)34(44)39-51(46,47)27-12-13-27/h10-11,14-17,22,24,26-27,29,31H,2,9,12-13,18-21H2,1,3-8H3,(H,39,44)/t22-,24+,26+,29-,31?,37+/m0/s1. The van der Waals surface area contributed by atoms with Gasteiger partial charge in [-0.05, 0) is 81.5 Å². The van der Waals surface area contributed by atoms with E-state index in [1.807, 2.05) is 32.0 Å². The molecule has 2 aromatic rings. The fourth-order valence-corrected chi connectivity index (χ4v) is 8.26. The van der Waals surface area contributed by atoms with Gasteiger partial charge in [-0.2, -0.15) is 0 Å². The zero-order valence-corrected chi connectivity index (χ0v) is 31.3. The smallest absolute Gasteiger partial charge is 0.410 e. The Kier molecular flexibility index (Phi) is 10.8. The van der Waals surface area contributed by atoms with Crippen molar-refractivity contribution in [3.05, 3.63) is 43.1 Å². The van der Waals surface area contributed by atoms with E-state index in [2.05, 4.69) is 16.3 Å². The van der Waals surface area contributed by atoms with Crippen LogP contribution in [0.3, 0.4) is 0 Å². The molecule has 3 fully saturated rings. The van der Waals surface area contributed by atoms with Crippen LogP contribution in [0.25, 0.3) is 10.8 Å². The van der Waals surface area contributed by atoms with Crippen LogP contribution in [0, 0.1) is 17.3 Å². The summed E-state index contributed by atoms with van der Waals surface area (Å²) in [5.41, 5.74) is -2.10. The molecule has 6 atom stereocenters. The summed E-state index contributed by atoms with van der Waals surface area (Å²) in [6, 6.07) is 5.30. The number of aromatic nitrogens is 1. The maximum atomic E-state index is 14.6. The number of nitrogens with zero attached hydrogens (tertiary/aromatic N) is 3. The maximum Gasteiger partial charge on any atom is 0.410 e. The van der Waals surface area contributed by atoms with Crippen LogP contribution < -0.4 is 14.2 Å². The molecule has 0 spiro atoms. The fraction of sp³-hybridized carbons (Fsp3) is 0.595. The average Bonchev–Trinajstić information content (AvgIpc) is 4.00. The number of likely N-dealkylation sites (N-methyl/N-ethyl adjacent to an activating group) is 1. The minimum atomic E-state index is -3.85. The normalized spacial score (nSPS) is 24.3. The second kappa shape index (κ2) is 14.4. The Balaban J connectivity index is 1.46. The van der Waals surface area contributed by atoms with Crippen LogP contribution in [0.5, 0.6) is 11.6 Å². The van der Waals surface area contributed by atoms with E-state index < -0.39 is 74.1 Å². The van der Waals surface area contributed by atoms with Crippen molar-refractivity contribution in [3.63, 3.8) is 0 Å². The number of carbonyl (C=O) groups is 4. The number of fused-ring (bicyclic) bond motifs is 1. The molecule has 2 aliphatic carbocycles. The van der Waals surface area contributed by atoms with E-state index in [1.165, 1.54) is 16.8 Å². The zero-order chi connectivity index (χ0) is 37.5. The number of pyridine rings is 1. The van der Waals surface area contributed by atoms with Gasteiger partial charge in [0, 0.05) is 31.5 Å². The molecule has 1 N–H and O–H groups in total. The molecule has 0 radical (unpaired) electrons. The number of rotatable bonds is 14. The van der Waals surface area contributed by atoms with Crippen molar-refractivity contribution in [1.29, 1.82) is 0 Å². The summed E-state index contributed by atoms with van der Waals surface area (Å²) in [5.74, 6) is -1.32. The molecule has 14 heteroatoms. The monoisotopic (exact) mass is 726 g/mol. The van der Waals surface area contributed by atoms with E-state index in [9.17, 15) is 27.6 Å². The van der Waals surface area contributed by atoms with Crippen LogP contribution in [0.1, 0.15) is 73.1 Å². The molecule has 1 saturated heterocycles. The molecule has 278 valence electrons. The van der Waals surface area contributed by atoms with Gasteiger partial charge < -0.3 is 19.1 Å². The van der Waals surface area contributed by atoms with Gasteiger partial charge in [-0.15, -0.1) is 6.58 Å². The van der Waals surface area contributed by atoms with Gasteiger partial charge >= 0.3 is 6.09 Å². The van der Waals surface area contributed by atoms with Crippen molar-refractivity contribution in [2.75, 3.05) is 20.7 Å². The lowest BCUT2D eigenvalue weighted by molar-refractivity contribution is -0.144. The molecule has 1 unspecified atom stereocenters. The summed E-state index contributed by atoms with van der Waals surface area (Å²) >= 11 is 0. The summed E-state index contributed by atoms with van der Waals surface area (Å²) < 4.78 is 45.0. The highest BCUT2D eigenvalue weighted by atomic mass is 32.2. The third-order valence-corrected chi connectivity index (χ3v) is 12.0. The third kappa shape index (κ3) is 8.15. The average molecular weight is 727 g/mol. The summed E-state index contributed by atoms with van der Waals surface area (Å²) in [6.45, 7) is 12.8. The minimum absolute atomic E-state index is 0.0126. The highest BCUT2D eigenvalue weighted by Gasteiger charge is 2.61. The summed E-state index contributed by atoms with van der Waals surface area (Å²) in [6.07, 6.45) is 3.41. The van der Waals surface area contributed by atoms with Crippen molar-refractivity contribution in [3.8, 4) is 11.6 Å². The van der Waals surface area contributed by atoms with Gasteiger partial charge in [-0.1, -0.05) is 26.3 Å². The topological polar surface area (TPSA) is 162 Å². The Morgan fingerprint density at radius 1 is 1.20 bits per heavy atom. The predicted molar refractivity (Wildman–Crippen MR) is 191 cm³/mol. The number of likely N-dealkylation sites (tertiary alicyclic amines) is 1. The highest BCUT2D eigenvalue weighted by Crippen LogP contribution is 2.57. The zero-order valence-electron chi connectivity index (χ0n) is 30.5. The van der Waals surface area contributed by atoms with Gasteiger partial charge in [0.15, 0.2) is 5.78 Å². The second-order valence-electron chi connectivity index (χ2n) is 15.1. The summed E-state index contributed by atoms with van der Waals surface area (Å²) in [4.78, 5) is 63.0. The summed E-state index contributed by atoms with van der Waals surface area (Å²) in [5, 5.41) is 0.929. The van der Waals surface area contributed by atoms with Crippen molar-refractivity contribution < 1.29 is 41.8 Å². The number of nitrogens with one attached hydrogen (secondary N) is 1. The van der Waals surface area contributed by atoms with Crippen LogP contribution in [-0.4, -0.2) is 96.6 Å². The molecule has 13 nitrogen and oxygen atoms in total. The first kappa shape index (κ1) is 38.0. The quantitative estimate of drug-likeness (QED) is 0.272. The number of allylic oxidation sites excluding steroid dienone is 1. The molecule has 2 saturated carbocycles. The van der Waals surface area contributed by atoms with Crippen molar-refractivity contribution in [2.24, 2.45) is 17.3 Å². The Labute approximate surface area is 300 Å². The maximum absolute atomic E-state index is 14.6. The number of ketones is 1. The van der Waals surface area contributed by atoms with Gasteiger partial charge in [-0.25, -0.2) is 18.2 Å². The first-order valence-electron chi connectivity index (χ1n) is 17.5. The molecule has 2 heterocycles. The number of benzene rings is 1. The second-order valence-corrected chi connectivity index (χ2v) is 17.1. The lowest BCUT2D eigenvalue weighted by Crippen LogP contribution is -2.55. The number of amides is 3. The number of hydrogen-bond donors (Lipinski definition) is 1. The molecule has 3 aliphatic rings. The van der Waals surface area contributed by atoms with E-state index in [-0.39, 0.29) is 31.7 Å². The minimum Gasteiger partial charge on any atom is -0.497 e. The molecule has 1 aromatic heterocycles. The van der Waals surface area contributed by atoms with Gasteiger partial charge in [0.1, 0.15) is 23.5 Å². The van der Waals surface area contributed by atoms with E-state index >= 15 is 0 Å². The third-order valence-electron chi connectivity index (χ3n) is 10.2. The molecule has 3 amide bonds. The predicted octanol–water partition coefficient (Wildman–Crippen LogP) is 4.63. The fourth-order valence-electron chi connectivity index (χ4n) is 6.88. The Hall–Kier alpha value is -4.20. The largest absolute Gasteiger partial charge is 0.497 e.